The Balaban J connectivity index is 2.18. The largest absolute Gasteiger partial charge is 0.476 e. The maximum atomic E-state index is 11.2. The van der Waals surface area contributed by atoms with Gasteiger partial charge in [0.2, 0.25) is 0 Å². The molecule has 2 aromatic heterocycles. The molecule has 1 aliphatic heterocycles. The fraction of sp³-hybridized carbons (Fsp3) is 0.333. The van der Waals surface area contributed by atoms with Crippen LogP contribution in [-0.4, -0.2) is 20.6 Å². The van der Waals surface area contributed by atoms with Gasteiger partial charge in [0, 0.05) is 16.4 Å². The number of imidazole rings is 1. The van der Waals surface area contributed by atoms with Crippen molar-refractivity contribution in [2.24, 2.45) is 0 Å². The maximum Gasteiger partial charge on any atom is 0.356 e. The van der Waals surface area contributed by atoms with Crippen LogP contribution in [0.5, 0.6) is 0 Å². The van der Waals surface area contributed by atoms with Gasteiger partial charge in [-0.3, -0.25) is 0 Å². The summed E-state index contributed by atoms with van der Waals surface area (Å²) in [6.07, 6.45) is 2.93. The maximum absolute atomic E-state index is 11.2. The van der Waals surface area contributed by atoms with E-state index in [2.05, 4.69) is 25.5 Å². The number of hydrogen-bond donors (Lipinski definition) is 1. The Morgan fingerprint density at radius 2 is 2.33 bits per heavy atom. The van der Waals surface area contributed by atoms with Crippen molar-refractivity contribution in [2.45, 2.75) is 25.8 Å². The van der Waals surface area contributed by atoms with Crippen molar-refractivity contribution in [1.29, 1.82) is 0 Å². The van der Waals surface area contributed by atoms with Crippen LogP contribution in [-0.2, 0) is 13.0 Å². The molecule has 6 heteroatoms. The Morgan fingerprint density at radius 3 is 3.00 bits per heavy atom. The number of carboxylic acid groups (broad SMARTS) is 1. The first kappa shape index (κ1) is 11.9. The molecule has 4 nitrogen and oxygen atoms in total. The lowest BCUT2D eigenvalue weighted by Gasteiger charge is -2.16. The average molecular weight is 327 g/mol. The fourth-order valence-electron chi connectivity index (χ4n) is 2.33. The van der Waals surface area contributed by atoms with Gasteiger partial charge in [-0.05, 0) is 41.3 Å². The van der Waals surface area contributed by atoms with Gasteiger partial charge in [0.25, 0.3) is 0 Å². The lowest BCUT2D eigenvalue weighted by Crippen LogP contribution is -2.13. The van der Waals surface area contributed by atoms with E-state index >= 15 is 0 Å². The molecule has 0 saturated carbocycles. The zero-order chi connectivity index (χ0) is 12.7. The smallest absolute Gasteiger partial charge is 0.356 e. The number of aromatic carboxylic acids is 1. The highest BCUT2D eigenvalue weighted by atomic mass is 79.9. The van der Waals surface area contributed by atoms with Crippen molar-refractivity contribution in [3.8, 4) is 10.7 Å². The molecule has 0 unspecified atom stereocenters. The fourth-order valence-corrected chi connectivity index (χ4v) is 3.76. The van der Waals surface area contributed by atoms with E-state index in [1.807, 2.05) is 11.4 Å². The monoisotopic (exact) mass is 326 g/mol. The summed E-state index contributed by atoms with van der Waals surface area (Å²) in [5.74, 6) is -0.139. The van der Waals surface area contributed by atoms with Crippen molar-refractivity contribution >= 4 is 33.2 Å². The zero-order valence-corrected chi connectivity index (χ0v) is 11.9. The third kappa shape index (κ3) is 1.89. The highest BCUT2D eigenvalue weighted by Gasteiger charge is 2.25. The van der Waals surface area contributed by atoms with E-state index in [-0.39, 0.29) is 5.69 Å². The number of thiophene rings is 1. The van der Waals surface area contributed by atoms with Crippen LogP contribution in [0, 0.1) is 0 Å². The van der Waals surface area contributed by atoms with Gasteiger partial charge in [-0.1, -0.05) is 0 Å². The minimum atomic E-state index is -0.928. The second-order valence-corrected chi connectivity index (χ2v) is 6.10. The average Bonchev–Trinajstić information content (AvgIpc) is 2.92. The lowest BCUT2D eigenvalue weighted by atomic mass is 10.1. The Hall–Kier alpha value is -1.14. The van der Waals surface area contributed by atoms with Crippen molar-refractivity contribution in [3.63, 3.8) is 0 Å². The van der Waals surface area contributed by atoms with Gasteiger partial charge in [0.1, 0.15) is 0 Å². The Kier molecular flexibility index (Phi) is 2.99. The summed E-state index contributed by atoms with van der Waals surface area (Å²) in [6, 6.07) is 1.99. The van der Waals surface area contributed by atoms with E-state index < -0.39 is 5.97 Å². The molecule has 0 fully saturated rings. The molecule has 0 radical (unpaired) electrons. The number of rotatable bonds is 2. The summed E-state index contributed by atoms with van der Waals surface area (Å²) < 4.78 is 3.07. The summed E-state index contributed by atoms with van der Waals surface area (Å²) >= 11 is 5.00. The van der Waals surface area contributed by atoms with E-state index in [1.54, 1.807) is 11.3 Å². The molecule has 0 atom stereocenters. The zero-order valence-electron chi connectivity index (χ0n) is 9.52. The number of fused-ring (bicyclic) bond motifs is 1. The molecular weight excluding hydrogens is 316 g/mol. The van der Waals surface area contributed by atoms with Crippen LogP contribution >= 0.6 is 27.3 Å². The van der Waals surface area contributed by atoms with Gasteiger partial charge in [-0.2, -0.15) is 0 Å². The second kappa shape index (κ2) is 4.51. The van der Waals surface area contributed by atoms with Crippen LogP contribution in [0.4, 0.5) is 0 Å². The molecule has 1 N–H and O–H groups in total. The van der Waals surface area contributed by atoms with Crippen molar-refractivity contribution in [1.82, 2.24) is 9.55 Å². The molecule has 3 rings (SSSR count). The molecule has 2 aromatic rings. The number of aromatic nitrogens is 2. The summed E-state index contributed by atoms with van der Waals surface area (Å²) in [7, 11) is 0. The van der Waals surface area contributed by atoms with Gasteiger partial charge in [0.15, 0.2) is 11.5 Å². The molecule has 0 spiro atoms. The second-order valence-electron chi connectivity index (χ2n) is 4.27. The van der Waals surface area contributed by atoms with Crippen LogP contribution in [0.25, 0.3) is 10.7 Å². The highest BCUT2D eigenvalue weighted by Crippen LogP contribution is 2.33. The van der Waals surface area contributed by atoms with Gasteiger partial charge < -0.3 is 9.67 Å². The predicted molar refractivity (Wildman–Crippen MR) is 73.1 cm³/mol. The van der Waals surface area contributed by atoms with E-state index in [9.17, 15) is 9.90 Å². The minimum absolute atomic E-state index is 0.217. The minimum Gasteiger partial charge on any atom is -0.476 e. The standard InChI is InChI=1S/C12H11BrN2O2S/c13-7-5-9(18-6-7)11-14-10(12(16)17)8-3-1-2-4-15(8)11/h5-6H,1-4H2,(H,16,17). The highest BCUT2D eigenvalue weighted by molar-refractivity contribution is 9.10. The van der Waals surface area contributed by atoms with E-state index in [0.29, 0.717) is 0 Å². The predicted octanol–water partition coefficient (Wildman–Crippen LogP) is 3.41. The molecule has 0 aromatic carbocycles. The van der Waals surface area contributed by atoms with Gasteiger partial charge in [-0.15, -0.1) is 11.3 Å². The normalized spacial score (nSPS) is 14.5. The third-order valence-electron chi connectivity index (χ3n) is 3.11. The Labute approximate surface area is 116 Å². The number of hydrogen-bond acceptors (Lipinski definition) is 3. The number of nitrogens with zero attached hydrogens (tertiary/aromatic N) is 2. The molecule has 0 bridgehead atoms. The van der Waals surface area contributed by atoms with Gasteiger partial charge >= 0.3 is 5.97 Å². The first-order valence-corrected chi connectivity index (χ1v) is 7.41. The molecule has 0 amide bonds. The summed E-state index contributed by atoms with van der Waals surface area (Å²) in [5.41, 5.74) is 1.09. The number of halogens is 1. The molecule has 3 heterocycles. The van der Waals surface area contributed by atoms with E-state index in [4.69, 9.17) is 0 Å². The third-order valence-corrected chi connectivity index (χ3v) is 4.80. The summed E-state index contributed by atoms with van der Waals surface area (Å²) in [4.78, 5) is 16.6. The van der Waals surface area contributed by atoms with Crippen LogP contribution in [0.15, 0.2) is 15.9 Å². The molecule has 18 heavy (non-hydrogen) atoms. The molecule has 0 saturated heterocycles. The molecule has 0 aliphatic carbocycles. The number of carbonyl (C=O) groups is 1. The van der Waals surface area contributed by atoms with Crippen molar-refractivity contribution in [3.05, 3.63) is 27.3 Å². The first-order valence-electron chi connectivity index (χ1n) is 5.74. The Morgan fingerprint density at radius 1 is 1.50 bits per heavy atom. The quantitative estimate of drug-likeness (QED) is 0.920. The molecular formula is C12H11BrN2O2S. The van der Waals surface area contributed by atoms with E-state index in [0.717, 1.165) is 46.7 Å². The van der Waals surface area contributed by atoms with Crippen LogP contribution in [0.3, 0.4) is 0 Å². The topological polar surface area (TPSA) is 55.1 Å². The van der Waals surface area contributed by atoms with Crippen LogP contribution in [0.1, 0.15) is 29.0 Å². The van der Waals surface area contributed by atoms with Crippen molar-refractivity contribution < 1.29 is 9.90 Å². The van der Waals surface area contributed by atoms with E-state index in [1.165, 1.54) is 0 Å². The molecule has 1 aliphatic rings. The van der Waals surface area contributed by atoms with Crippen molar-refractivity contribution in [2.75, 3.05) is 0 Å². The van der Waals surface area contributed by atoms with Gasteiger partial charge in [0.05, 0.1) is 10.6 Å². The SMILES string of the molecule is O=C(O)c1nc(-c2cc(Br)cs2)n2c1CCCC2. The Bertz CT molecular complexity index is 618. The first-order chi connectivity index (χ1) is 8.66. The van der Waals surface area contributed by atoms with Crippen LogP contribution < -0.4 is 0 Å². The summed E-state index contributed by atoms with van der Waals surface area (Å²) in [6.45, 7) is 0.862. The molecule has 94 valence electrons. The van der Waals surface area contributed by atoms with Crippen LogP contribution in [0.2, 0.25) is 0 Å². The summed E-state index contributed by atoms with van der Waals surface area (Å²) in [5, 5.41) is 11.2. The lowest BCUT2D eigenvalue weighted by molar-refractivity contribution is 0.0689. The number of carboxylic acids is 1. The van der Waals surface area contributed by atoms with Gasteiger partial charge in [-0.25, -0.2) is 9.78 Å².